The summed E-state index contributed by atoms with van der Waals surface area (Å²) >= 11 is 0. The van der Waals surface area contributed by atoms with E-state index >= 15 is 0 Å². The first kappa shape index (κ1) is 12.5. The van der Waals surface area contributed by atoms with Gasteiger partial charge in [-0.2, -0.15) is 5.26 Å². The minimum atomic E-state index is -0.296. The molecule has 3 unspecified atom stereocenters. The van der Waals surface area contributed by atoms with Crippen molar-refractivity contribution in [3.05, 3.63) is 0 Å². The van der Waals surface area contributed by atoms with Crippen LogP contribution in [-0.2, 0) is 0 Å². The molecular weight excluding hydrogens is 186 g/mol. The first-order valence-electron chi connectivity index (χ1n) is 6.08. The zero-order valence-corrected chi connectivity index (χ0v) is 10.1. The van der Waals surface area contributed by atoms with Crippen molar-refractivity contribution in [2.45, 2.75) is 51.6 Å². The molecule has 0 amide bonds. The number of hydrogen-bond donors (Lipinski definition) is 2. The van der Waals surface area contributed by atoms with Crippen LogP contribution in [0.4, 0.5) is 0 Å². The highest BCUT2D eigenvalue weighted by atomic mass is 15.1. The quantitative estimate of drug-likeness (QED) is 0.740. The van der Waals surface area contributed by atoms with Crippen molar-refractivity contribution in [3.8, 4) is 6.07 Å². The van der Waals surface area contributed by atoms with Gasteiger partial charge in [0.15, 0.2) is 0 Å². The van der Waals surface area contributed by atoms with E-state index in [1.165, 1.54) is 0 Å². The summed E-state index contributed by atoms with van der Waals surface area (Å²) in [7, 11) is 0. The van der Waals surface area contributed by atoms with Gasteiger partial charge in [-0.25, -0.2) is 0 Å². The highest BCUT2D eigenvalue weighted by molar-refractivity contribution is 5.13. The van der Waals surface area contributed by atoms with Crippen LogP contribution in [0.2, 0.25) is 0 Å². The molecule has 86 valence electrons. The molecule has 1 heterocycles. The van der Waals surface area contributed by atoms with Gasteiger partial charge in [0.2, 0.25) is 0 Å². The Bertz CT molecular complexity index is 234. The molecule has 0 aromatic carbocycles. The fraction of sp³-hybridized carbons (Fsp3) is 0.917. The molecule has 1 rings (SSSR count). The molecule has 0 aliphatic carbocycles. The number of rotatable bonds is 4. The number of nitrogens with zero attached hydrogens (tertiary/aromatic N) is 1. The smallest absolute Gasteiger partial charge is 0.112 e. The van der Waals surface area contributed by atoms with Crippen molar-refractivity contribution in [1.29, 1.82) is 5.26 Å². The maximum absolute atomic E-state index is 9.45. The van der Waals surface area contributed by atoms with Crippen LogP contribution < -0.4 is 10.6 Å². The SMILES string of the molecule is CCC(C)NC1(C#N)CCNCC1CC. The Labute approximate surface area is 93.2 Å². The molecule has 0 aromatic rings. The molecule has 0 radical (unpaired) electrons. The summed E-state index contributed by atoms with van der Waals surface area (Å²) in [5, 5.41) is 16.4. The second kappa shape index (κ2) is 5.48. The Morgan fingerprint density at radius 3 is 2.87 bits per heavy atom. The third-order valence-electron chi connectivity index (χ3n) is 3.59. The average Bonchev–Trinajstić information content (AvgIpc) is 2.29. The van der Waals surface area contributed by atoms with Crippen LogP contribution in [0, 0.1) is 17.2 Å². The van der Waals surface area contributed by atoms with Gasteiger partial charge in [-0.3, -0.25) is 5.32 Å². The average molecular weight is 209 g/mol. The Hall–Kier alpha value is -0.590. The maximum atomic E-state index is 9.45. The van der Waals surface area contributed by atoms with Crippen molar-refractivity contribution in [2.75, 3.05) is 13.1 Å². The molecule has 1 aliphatic heterocycles. The van der Waals surface area contributed by atoms with E-state index in [0.29, 0.717) is 12.0 Å². The molecule has 0 bridgehead atoms. The zero-order chi connectivity index (χ0) is 11.3. The molecule has 3 atom stereocenters. The normalized spacial score (nSPS) is 33.3. The van der Waals surface area contributed by atoms with E-state index < -0.39 is 0 Å². The monoisotopic (exact) mass is 209 g/mol. The van der Waals surface area contributed by atoms with E-state index in [0.717, 1.165) is 32.4 Å². The molecular formula is C12H23N3. The first-order chi connectivity index (χ1) is 7.18. The Morgan fingerprint density at radius 2 is 2.33 bits per heavy atom. The van der Waals surface area contributed by atoms with E-state index in [2.05, 4.69) is 37.5 Å². The molecule has 3 heteroatoms. The molecule has 2 N–H and O–H groups in total. The third kappa shape index (κ3) is 2.70. The standard InChI is InChI=1S/C12H23N3/c1-4-10(3)15-12(9-13)6-7-14-8-11(12)5-2/h10-11,14-15H,4-8H2,1-3H3. The molecule has 0 saturated carbocycles. The predicted molar refractivity (Wildman–Crippen MR) is 62.5 cm³/mol. The minimum absolute atomic E-state index is 0.296. The number of hydrogen-bond acceptors (Lipinski definition) is 3. The summed E-state index contributed by atoms with van der Waals surface area (Å²) in [5.74, 6) is 0.435. The topological polar surface area (TPSA) is 47.9 Å². The number of nitrogens with one attached hydrogen (secondary N) is 2. The molecule has 1 saturated heterocycles. The van der Waals surface area contributed by atoms with Crippen molar-refractivity contribution in [1.82, 2.24) is 10.6 Å². The van der Waals surface area contributed by atoms with Gasteiger partial charge < -0.3 is 5.32 Å². The molecule has 0 aromatic heterocycles. The molecule has 15 heavy (non-hydrogen) atoms. The lowest BCUT2D eigenvalue weighted by molar-refractivity contribution is 0.189. The molecule has 0 spiro atoms. The summed E-state index contributed by atoms with van der Waals surface area (Å²) < 4.78 is 0. The summed E-state index contributed by atoms with van der Waals surface area (Å²) in [4.78, 5) is 0. The fourth-order valence-electron chi connectivity index (χ4n) is 2.34. The van der Waals surface area contributed by atoms with Crippen LogP contribution in [0.5, 0.6) is 0 Å². The van der Waals surface area contributed by atoms with E-state index in [-0.39, 0.29) is 5.54 Å². The lowest BCUT2D eigenvalue weighted by atomic mass is 9.77. The highest BCUT2D eigenvalue weighted by Crippen LogP contribution is 2.27. The van der Waals surface area contributed by atoms with Gasteiger partial charge in [-0.15, -0.1) is 0 Å². The minimum Gasteiger partial charge on any atom is -0.316 e. The fourth-order valence-corrected chi connectivity index (χ4v) is 2.34. The van der Waals surface area contributed by atoms with Gasteiger partial charge in [0.1, 0.15) is 5.54 Å². The maximum Gasteiger partial charge on any atom is 0.112 e. The van der Waals surface area contributed by atoms with Crippen LogP contribution >= 0.6 is 0 Å². The zero-order valence-electron chi connectivity index (χ0n) is 10.1. The highest BCUT2D eigenvalue weighted by Gasteiger charge is 2.40. The van der Waals surface area contributed by atoms with Gasteiger partial charge in [0.05, 0.1) is 6.07 Å². The van der Waals surface area contributed by atoms with E-state index in [9.17, 15) is 5.26 Å². The first-order valence-corrected chi connectivity index (χ1v) is 6.08. The van der Waals surface area contributed by atoms with E-state index in [1.807, 2.05) is 0 Å². The van der Waals surface area contributed by atoms with Crippen LogP contribution in [-0.4, -0.2) is 24.7 Å². The third-order valence-corrected chi connectivity index (χ3v) is 3.59. The van der Waals surface area contributed by atoms with Crippen LogP contribution in [0.15, 0.2) is 0 Å². The summed E-state index contributed by atoms with van der Waals surface area (Å²) in [6.07, 6.45) is 3.06. The van der Waals surface area contributed by atoms with Crippen molar-refractivity contribution in [3.63, 3.8) is 0 Å². The summed E-state index contributed by atoms with van der Waals surface area (Å²) in [5.41, 5.74) is -0.296. The van der Waals surface area contributed by atoms with Crippen molar-refractivity contribution >= 4 is 0 Å². The molecule has 1 aliphatic rings. The van der Waals surface area contributed by atoms with Crippen LogP contribution in [0.1, 0.15) is 40.0 Å². The van der Waals surface area contributed by atoms with Gasteiger partial charge in [0, 0.05) is 18.5 Å². The van der Waals surface area contributed by atoms with Gasteiger partial charge >= 0.3 is 0 Å². The van der Waals surface area contributed by atoms with E-state index in [4.69, 9.17) is 0 Å². The molecule has 1 fully saturated rings. The lowest BCUT2D eigenvalue weighted by Gasteiger charge is -2.41. The van der Waals surface area contributed by atoms with Gasteiger partial charge in [-0.1, -0.05) is 13.8 Å². The van der Waals surface area contributed by atoms with Crippen LogP contribution in [0.25, 0.3) is 0 Å². The Balaban J connectivity index is 2.75. The van der Waals surface area contributed by atoms with E-state index in [1.54, 1.807) is 0 Å². The number of piperidine rings is 1. The molecule has 3 nitrogen and oxygen atoms in total. The largest absolute Gasteiger partial charge is 0.316 e. The van der Waals surface area contributed by atoms with Crippen molar-refractivity contribution < 1.29 is 0 Å². The van der Waals surface area contributed by atoms with Gasteiger partial charge in [-0.05, 0) is 32.7 Å². The van der Waals surface area contributed by atoms with Gasteiger partial charge in [0.25, 0.3) is 0 Å². The van der Waals surface area contributed by atoms with Crippen molar-refractivity contribution in [2.24, 2.45) is 5.92 Å². The predicted octanol–water partition coefficient (Wildman–Crippen LogP) is 1.66. The summed E-state index contributed by atoms with van der Waals surface area (Å²) in [6.45, 7) is 8.40. The lowest BCUT2D eigenvalue weighted by Crippen LogP contribution is -2.60. The second-order valence-electron chi connectivity index (χ2n) is 4.60. The Kier molecular flexibility index (Phi) is 4.56. The Morgan fingerprint density at radius 1 is 1.60 bits per heavy atom. The second-order valence-corrected chi connectivity index (χ2v) is 4.60. The number of nitriles is 1. The van der Waals surface area contributed by atoms with Crippen LogP contribution in [0.3, 0.4) is 0 Å². The summed E-state index contributed by atoms with van der Waals surface area (Å²) in [6, 6.07) is 2.96.